The van der Waals surface area contributed by atoms with Crippen LogP contribution in [0.25, 0.3) is 10.9 Å². The molecule has 6 nitrogen and oxygen atoms in total. The molecule has 28 heavy (non-hydrogen) atoms. The van der Waals surface area contributed by atoms with Gasteiger partial charge in [-0.15, -0.1) is 0 Å². The van der Waals surface area contributed by atoms with E-state index < -0.39 is 25.1 Å². The van der Waals surface area contributed by atoms with Crippen molar-refractivity contribution in [3.8, 4) is 0 Å². The number of halogens is 2. The number of piperidine rings is 1. The summed E-state index contributed by atoms with van der Waals surface area (Å²) in [6.45, 7) is 1.06. The SMILES string of the molecule is N[C@@H]1CC(F)(F)CN1C(=O)CN1CCC(Nc2cccc3ncccc23)CC1. The van der Waals surface area contributed by atoms with Crippen LogP contribution < -0.4 is 11.1 Å². The third-order valence-electron chi connectivity index (χ3n) is 5.58. The maximum Gasteiger partial charge on any atom is 0.268 e. The second-order valence-electron chi connectivity index (χ2n) is 7.72. The lowest BCUT2D eigenvalue weighted by Gasteiger charge is -2.34. The number of nitrogens with one attached hydrogen (secondary N) is 1. The van der Waals surface area contributed by atoms with Gasteiger partial charge in [-0.25, -0.2) is 8.78 Å². The van der Waals surface area contributed by atoms with Crippen LogP contribution in [0, 0.1) is 0 Å². The van der Waals surface area contributed by atoms with Crippen molar-refractivity contribution in [1.82, 2.24) is 14.8 Å². The topological polar surface area (TPSA) is 74.5 Å². The highest BCUT2D eigenvalue weighted by Gasteiger charge is 2.45. The Labute approximate surface area is 162 Å². The number of carbonyl (C=O) groups is 1. The van der Waals surface area contributed by atoms with Crippen LogP contribution in [0.2, 0.25) is 0 Å². The Morgan fingerprint density at radius 2 is 2.04 bits per heavy atom. The smallest absolute Gasteiger partial charge is 0.268 e. The van der Waals surface area contributed by atoms with E-state index in [1.165, 1.54) is 0 Å². The number of anilines is 1. The molecule has 1 amide bonds. The van der Waals surface area contributed by atoms with Crippen LogP contribution in [0.3, 0.4) is 0 Å². The predicted octanol–water partition coefficient (Wildman–Crippen LogP) is 2.26. The minimum Gasteiger partial charge on any atom is -0.382 e. The highest BCUT2D eigenvalue weighted by atomic mass is 19.3. The second kappa shape index (κ2) is 7.60. The molecular weight excluding hydrogens is 364 g/mol. The predicted molar refractivity (Wildman–Crippen MR) is 104 cm³/mol. The third-order valence-corrected chi connectivity index (χ3v) is 5.58. The Hall–Kier alpha value is -2.32. The number of rotatable bonds is 4. The molecular formula is C20H25F2N5O. The van der Waals surface area contributed by atoms with Gasteiger partial charge in [0.2, 0.25) is 5.91 Å². The Kier molecular flexibility index (Phi) is 5.16. The Bertz CT molecular complexity index is 848. The summed E-state index contributed by atoms with van der Waals surface area (Å²) in [6.07, 6.45) is 2.20. The van der Waals surface area contributed by atoms with E-state index in [2.05, 4.69) is 16.4 Å². The number of fused-ring (bicyclic) bond motifs is 1. The minimum absolute atomic E-state index is 0.148. The normalized spacial score (nSPS) is 23.2. The van der Waals surface area contributed by atoms with Gasteiger partial charge in [-0.2, -0.15) is 0 Å². The maximum atomic E-state index is 13.5. The molecule has 2 aromatic rings. The molecule has 2 aliphatic rings. The fourth-order valence-electron chi connectivity index (χ4n) is 4.09. The van der Waals surface area contributed by atoms with E-state index in [0.717, 1.165) is 47.4 Å². The van der Waals surface area contributed by atoms with Crippen LogP contribution in [0.15, 0.2) is 36.5 Å². The Morgan fingerprint density at radius 1 is 1.25 bits per heavy atom. The van der Waals surface area contributed by atoms with E-state index in [9.17, 15) is 13.6 Å². The van der Waals surface area contributed by atoms with Gasteiger partial charge in [-0.1, -0.05) is 6.07 Å². The molecule has 1 aromatic carbocycles. The molecule has 3 heterocycles. The van der Waals surface area contributed by atoms with E-state index in [1.807, 2.05) is 29.2 Å². The van der Waals surface area contributed by atoms with Crippen LogP contribution in [-0.2, 0) is 4.79 Å². The molecule has 1 atom stereocenters. The first-order valence-electron chi connectivity index (χ1n) is 9.67. The number of alkyl halides is 2. The lowest BCUT2D eigenvalue weighted by molar-refractivity contribution is -0.134. The standard InChI is InChI=1S/C20H25F2N5O/c21-20(22)11-18(23)27(13-20)19(28)12-26-9-6-14(7-10-26)25-17-5-1-4-16-15(17)3-2-8-24-16/h1-5,8,14,18,25H,6-7,9-13,23H2/t18-/m0/s1. The first-order chi connectivity index (χ1) is 13.4. The molecule has 2 aliphatic heterocycles. The maximum absolute atomic E-state index is 13.5. The van der Waals surface area contributed by atoms with Crippen molar-refractivity contribution in [3.05, 3.63) is 36.5 Å². The molecule has 2 fully saturated rings. The van der Waals surface area contributed by atoms with Gasteiger partial charge in [-0.3, -0.25) is 14.7 Å². The number of nitrogens with zero attached hydrogens (tertiary/aromatic N) is 3. The molecule has 0 saturated carbocycles. The van der Waals surface area contributed by atoms with Crippen molar-refractivity contribution >= 4 is 22.5 Å². The highest BCUT2D eigenvalue weighted by Crippen LogP contribution is 2.30. The molecule has 2 saturated heterocycles. The molecule has 1 aromatic heterocycles. The largest absolute Gasteiger partial charge is 0.382 e. The number of likely N-dealkylation sites (tertiary alicyclic amines) is 2. The van der Waals surface area contributed by atoms with Gasteiger partial charge < -0.3 is 16.0 Å². The molecule has 8 heteroatoms. The summed E-state index contributed by atoms with van der Waals surface area (Å²) >= 11 is 0. The number of amides is 1. The number of aromatic nitrogens is 1. The fraction of sp³-hybridized carbons (Fsp3) is 0.500. The summed E-state index contributed by atoms with van der Waals surface area (Å²) < 4.78 is 26.9. The average molecular weight is 389 g/mol. The number of carbonyl (C=O) groups excluding carboxylic acids is 1. The van der Waals surface area contributed by atoms with E-state index in [0.29, 0.717) is 6.04 Å². The minimum atomic E-state index is -2.88. The molecule has 0 spiro atoms. The van der Waals surface area contributed by atoms with E-state index in [4.69, 9.17) is 5.73 Å². The summed E-state index contributed by atoms with van der Waals surface area (Å²) in [5, 5.41) is 4.68. The van der Waals surface area contributed by atoms with Crippen molar-refractivity contribution < 1.29 is 13.6 Å². The number of nitrogens with two attached hydrogens (primary N) is 1. The fourth-order valence-corrected chi connectivity index (χ4v) is 4.09. The summed E-state index contributed by atoms with van der Waals surface area (Å²) in [5.74, 6) is -3.18. The first-order valence-corrected chi connectivity index (χ1v) is 9.67. The molecule has 0 unspecified atom stereocenters. The molecule has 0 aliphatic carbocycles. The van der Waals surface area contributed by atoms with Gasteiger partial charge >= 0.3 is 0 Å². The lowest BCUT2D eigenvalue weighted by atomic mass is 10.0. The number of hydrogen-bond donors (Lipinski definition) is 2. The van der Waals surface area contributed by atoms with E-state index in [1.54, 1.807) is 6.20 Å². The quantitative estimate of drug-likeness (QED) is 0.839. The third kappa shape index (κ3) is 4.07. The average Bonchev–Trinajstić information content (AvgIpc) is 2.96. The van der Waals surface area contributed by atoms with Gasteiger partial charge in [0.25, 0.3) is 5.92 Å². The zero-order chi connectivity index (χ0) is 19.7. The molecule has 3 N–H and O–H groups in total. The summed E-state index contributed by atoms with van der Waals surface area (Å²) in [4.78, 5) is 19.9. The molecule has 4 rings (SSSR count). The van der Waals surface area contributed by atoms with Crippen LogP contribution in [0.4, 0.5) is 14.5 Å². The second-order valence-corrected chi connectivity index (χ2v) is 7.72. The van der Waals surface area contributed by atoms with Crippen molar-refractivity contribution in [2.24, 2.45) is 5.73 Å². The van der Waals surface area contributed by atoms with E-state index in [-0.39, 0.29) is 12.5 Å². The van der Waals surface area contributed by atoms with Gasteiger partial charge in [0.05, 0.1) is 24.8 Å². The van der Waals surface area contributed by atoms with Crippen LogP contribution >= 0.6 is 0 Å². The van der Waals surface area contributed by atoms with Gasteiger partial charge in [0.1, 0.15) is 0 Å². The van der Waals surface area contributed by atoms with Crippen molar-refractivity contribution in [1.29, 1.82) is 0 Å². The summed E-state index contributed by atoms with van der Waals surface area (Å²) in [5.41, 5.74) is 7.72. The van der Waals surface area contributed by atoms with Crippen molar-refractivity contribution in [2.75, 3.05) is 31.5 Å². The summed E-state index contributed by atoms with van der Waals surface area (Å²) in [6, 6.07) is 10.3. The zero-order valence-corrected chi connectivity index (χ0v) is 15.7. The van der Waals surface area contributed by atoms with Crippen LogP contribution in [0.1, 0.15) is 19.3 Å². The highest BCUT2D eigenvalue weighted by molar-refractivity contribution is 5.91. The zero-order valence-electron chi connectivity index (χ0n) is 15.7. The first kappa shape index (κ1) is 19.0. The lowest BCUT2D eigenvalue weighted by Crippen LogP contribution is -2.48. The number of benzene rings is 1. The molecule has 0 radical (unpaired) electrons. The number of hydrogen-bond acceptors (Lipinski definition) is 5. The van der Waals surface area contributed by atoms with Gasteiger partial charge in [-0.05, 0) is 37.1 Å². The Morgan fingerprint density at radius 3 is 2.75 bits per heavy atom. The van der Waals surface area contributed by atoms with E-state index >= 15 is 0 Å². The number of pyridine rings is 1. The van der Waals surface area contributed by atoms with Crippen LogP contribution in [-0.4, -0.2) is 65.0 Å². The molecule has 0 bridgehead atoms. The Balaban J connectivity index is 1.31. The van der Waals surface area contributed by atoms with Crippen LogP contribution in [0.5, 0.6) is 0 Å². The summed E-state index contributed by atoms with van der Waals surface area (Å²) in [7, 11) is 0. The van der Waals surface area contributed by atoms with Crippen molar-refractivity contribution in [2.45, 2.75) is 37.4 Å². The van der Waals surface area contributed by atoms with Crippen molar-refractivity contribution in [3.63, 3.8) is 0 Å². The molecule has 150 valence electrons. The van der Waals surface area contributed by atoms with Gasteiger partial charge in [0, 0.05) is 42.8 Å². The monoisotopic (exact) mass is 389 g/mol. The van der Waals surface area contributed by atoms with Gasteiger partial charge in [0.15, 0.2) is 0 Å².